The first-order valence-corrected chi connectivity index (χ1v) is 8.37. The monoisotopic (exact) mass is 394 g/mol. The molecule has 27 heavy (non-hydrogen) atoms. The molecule has 0 fully saturated rings. The lowest BCUT2D eigenvalue weighted by atomic mass is 10.1. The molecular formula is C19H14ClF3N2O2. The predicted molar refractivity (Wildman–Crippen MR) is 97.4 cm³/mol. The van der Waals surface area contributed by atoms with Crippen LogP contribution in [0.3, 0.4) is 0 Å². The molecule has 0 amide bonds. The minimum absolute atomic E-state index is 0.101. The van der Waals surface area contributed by atoms with Gasteiger partial charge < -0.3 is 10.1 Å². The zero-order chi connectivity index (χ0) is 19.6. The summed E-state index contributed by atoms with van der Waals surface area (Å²) in [5.74, 6) is -0.638. The molecule has 0 saturated heterocycles. The van der Waals surface area contributed by atoms with Crippen LogP contribution in [0.15, 0.2) is 48.7 Å². The van der Waals surface area contributed by atoms with Crippen LogP contribution in [0.2, 0.25) is 5.02 Å². The van der Waals surface area contributed by atoms with Gasteiger partial charge >= 0.3 is 12.1 Å². The van der Waals surface area contributed by atoms with Gasteiger partial charge in [-0.3, -0.25) is 4.98 Å². The Balaban J connectivity index is 2.15. The number of esters is 1. The number of alkyl halides is 3. The van der Waals surface area contributed by atoms with Gasteiger partial charge in [-0.2, -0.15) is 13.2 Å². The molecule has 1 heterocycles. The first-order chi connectivity index (χ1) is 12.8. The lowest BCUT2D eigenvalue weighted by Gasteiger charge is -2.15. The fourth-order valence-electron chi connectivity index (χ4n) is 2.58. The average molecular weight is 395 g/mol. The van der Waals surface area contributed by atoms with Crippen LogP contribution in [-0.2, 0) is 10.9 Å². The van der Waals surface area contributed by atoms with Crippen LogP contribution in [0, 0.1) is 0 Å². The summed E-state index contributed by atoms with van der Waals surface area (Å²) in [6, 6.07) is 9.57. The first kappa shape index (κ1) is 19.0. The van der Waals surface area contributed by atoms with Gasteiger partial charge in [-0.15, -0.1) is 0 Å². The predicted octanol–water partition coefficient (Wildman–Crippen LogP) is 5.83. The standard InChI is InChI=1S/C19H14ClF3N2O2/c1-2-27-18(26)15-10-24-16-7-6-12(20)9-14(16)17(15)25-13-5-3-4-11(8-13)19(21,22)23/h3-10H,2H2,1H3,(H,24,25). The molecule has 0 aliphatic rings. The van der Waals surface area contributed by atoms with Crippen LogP contribution >= 0.6 is 11.6 Å². The minimum atomic E-state index is -4.48. The molecule has 0 radical (unpaired) electrons. The van der Waals surface area contributed by atoms with Gasteiger partial charge in [0.2, 0.25) is 0 Å². The summed E-state index contributed by atoms with van der Waals surface area (Å²) < 4.78 is 44.0. The molecule has 0 aliphatic carbocycles. The van der Waals surface area contributed by atoms with Gasteiger partial charge in [-0.1, -0.05) is 17.7 Å². The third kappa shape index (κ3) is 4.14. The van der Waals surface area contributed by atoms with Crippen molar-refractivity contribution in [3.8, 4) is 0 Å². The number of hydrogen-bond donors (Lipinski definition) is 1. The molecule has 2 aromatic carbocycles. The average Bonchev–Trinajstić information content (AvgIpc) is 2.62. The maximum absolute atomic E-state index is 13.0. The molecule has 0 bridgehead atoms. The third-order valence-electron chi connectivity index (χ3n) is 3.78. The fraction of sp³-hybridized carbons (Fsp3) is 0.158. The molecule has 1 aromatic heterocycles. The van der Waals surface area contributed by atoms with E-state index in [0.717, 1.165) is 12.1 Å². The van der Waals surface area contributed by atoms with Crippen LogP contribution in [0.5, 0.6) is 0 Å². The van der Waals surface area contributed by atoms with E-state index in [1.165, 1.54) is 18.3 Å². The van der Waals surface area contributed by atoms with Crippen molar-refractivity contribution in [1.82, 2.24) is 4.98 Å². The number of nitrogens with zero attached hydrogens (tertiary/aromatic N) is 1. The fourth-order valence-corrected chi connectivity index (χ4v) is 2.75. The number of anilines is 2. The van der Waals surface area contributed by atoms with E-state index in [0.29, 0.717) is 15.9 Å². The molecule has 0 aliphatic heterocycles. The summed E-state index contributed by atoms with van der Waals surface area (Å²) in [5, 5.41) is 3.79. The van der Waals surface area contributed by atoms with Gasteiger partial charge in [0, 0.05) is 22.3 Å². The Kier molecular flexibility index (Phi) is 5.23. The highest BCUT2D eigenvalue weighted by molar-refractivity contribution is 6.31. The van der Waals surface area contributed by atoms with Crippen molar-refractivity contribution in [2.45, 2.75) is 13.1 Å². The van der Waals surface area contributed by atoms with Crippen LogP contribution < -0.4 is 5.32 Å². The molecule has 0 unspecified atom stereocenters. The number of hydrogen-bond acceptors (Lipinski definition) is 4. The summed E-state index contributed by atoms with van der Waals surface area (Å²) in [5.41, 5.74) is 0.274. The van der Waals surface area contributed by atoms with E-state index in [-0.39, 0.29) is 23.5 Å². The number of carbonyl (C=O) groups excluding carboxylic acids is 1. The summed E-state index contributed by atoms with van der Waals surface area (Å²) in [6.45, 7) is 1.80. The number of aromatic nitrogens is 1. The molecule has 4 nitrogen and oxygen atoms in total. The minimum Gasteiger partial charge on any atom is -0.462 e. The van der Waals surface area contributed by atoms with Crippen LogP contribution in [0.1, 0.15) is 22.8 Å². The SMILES string of the molecule is CCOC(=O)c1cnc2ccc(Cl)cc2c1Nc1cccc(C(F)(F)F)c1. The Morgan fingerprint density at radius 1 is 1.22 bits per heavy atom. The molecule has 8 heteroatoms. The van der Waals surface area contributed by atoms with Gasteiger partial charge in [-0.25, -0.2) is 4.79 Å². The number of benzene rings is 2. The third-order valence-corrected chi connectivity index (χ3v) is 4.02. The van der Waals surface area contributed by atoms with Crippen molar-refractivity contribution >= 4 is 39.8 Å². The Morgan fingerprint density at radius 3 is 2.70 bits per heavy atom. The maximum atomic E-state index is 13.0. The Bertz CT molecular complexity index is 1010. The smallest absolute Gasteiger partial charge is 0.416 e. The Hall–Kier alpha value is -2.80. The summed E-state index contributed by atoms with van der Waals surface area (Å²) in [7, 11) is 0. The number of pyridine rings is 1. The number of halogens is 4. The summed E-state index contributed by atoms with van der Waals surface area (Å²) >= 11 is 6.05. The molecule has 0 spiro atoms. The highest BCUT2D eigenvalue weighted by atomic mass is 35.5. The molecular weight excluding hydrogens is 381 g/mol. The number of fused-ring (bicyclic) bond motifs is 1. The van der Waals surface area contributed by atoms with Crippen LogP contribution in [0.4, 0.5) is 24.5 Å². The Labute approximate surface area is 157 Å². The van der Waals surface area contributed by atoms with Gasteiger partial charge in [0.1, 0.15) is 5.56 Å². The quantitative estimate of drug-likeness (QED) is 0.566. The topological polar surface area (TPSA) is 51.2 Å². The molecule has 3 aromatic rings. The highest BCUT2D eigenvalue weighted by Gasteiger charge is 2.30. The summed E-state index contributed by atoms with van der Waals surface area (Å²) in [6.07, 6.45) is -3.16. The van der Waals surface area contributed by atoms with Crippen molar-refractivity contribution in [1.29, 1.82) is 0 Å². The van der Waals surface area contributed by atoms with E-state index in [1.54, 1.807) is 25.1 Å². The Morgan fingerprint density at radius 2 is 2.00 bits per heavy atom. The zero-order valence-corrected chi connectivity index (χ0v) is 14.9. The summed E-state index contributed by atoms with van der Waals surface area (Å²) in [4.78, 5) is 16.5. The lowest BCUT2D eigenvalue weighted by molar-refractivity contribution is -0.137. The number of ether oxygens (including phenoxy) is 1. The van der Waals surface area contributed by atoms with E-state index in [4.69, 9.17) is 16.3 Å². The normalized spacial score (nSPS) is 11.4. The lowest BCUT2D eigenvalue weighted by Crippen LogP contribution is -2.10. The van der Waals surface area contributed by atoms with Crippen LogP contribution in [0.25, 0.3) is 10.9 Å². The molecule has 1 N–H and O–H groups in total. The molecule has 0 saturated carbocycles. The van der Waals surface area contributed by atoms with Crippen molar-refractivity contribution in [3.63, 3.8) is 0 Å². The number of nitrogens with one attached hydrogen (secondary N) is 1. The van der Waals surface area contributed by atoms with Crippen molar-refractivity contribution in [2.75, 3.05) is 11.9 Å². The zero-order valence-electron chi connectivity index (χ0n) is 14.1. The largest absolute Gasteiger partial charge is 0.462 e. The second kappa shape index (κ2) is 7.44. The maximum Gasteiger partial charge on any atom is 0.416 e. The molecule has 0 atom stereocenters. The highest BCUT2D eigenvalue weighted by Crippen LogP contribution is 2.34. The van der Waals surface area contributed by atoms with Gasteiger partial charge in [0.05, 0.1) is 23.4 Å². The van der Waals surface area contributed by atoms with Crippen LogP contribution in [-0.4, -0.2) is 17.6 Å². The van der Waals surface area contributed by atoms with E-state index in [9.17, 15) is 18.0 Å². The molecule has 3 rings (SSSR count). The molecule has 140 valence electrons. The second-order valence-electron chi connectivity index (χ2n) is 5.63. The number of rotatable bonds is 4. The van der Waals surface area contributed by atoms with E-state index >= 15 is 0 Å². The first-order valence-electron chi connectivity index (χ1n) is 7.99. The van der Waals surface area contributed by atoms with Gasteiger partial charge in [0.25, 0.3) is 0 Å². The van der Waals surface area contributed by atoms with Crippen molar-refractivity contribution in [2.24, 2.45) is 0 Å². The van der Waals surface area contributed by atoms with E-state index < -0.39 is 17.7 Å². The van der Waals surface area contributed by atoms with E-state index in [2.05, 4.69) is 10.3 Å². The second-order valence-corrected chi connectivity index (χ2v) is 6.07. The van der Waals surface area contributed by atoms with Crippen molar-refractivity contribution in [3.05, 3.63) is 64.8 Å². The van der Waals surface area contributed by atoms with Gasteiger partial charge in [0.15, 0.2) is 0 Å². The van der Waals surface area contributed by atoms with E-state index in [1.807, 2.05) is 0 Å². The van der Waals surface area contributed by atoms with Gasteiger partial charge in [-0.05, 0) is 43.3 Å². The van der Waals surface area contributed by atoms with Crippen molar-refractivity contribution < 1.29 is 22.7 Å². The number of carbonyl (C=O) groups is 1.